The standard InChI is InChI=1S/C33H48N4O4S.CH2O2/c1-7-37-22-25-15-17-42(40,41)36(6)28-19-26(20-29(37)31(25)28)32(39)35-27(18-24-13-9-8-10-14-24)30(38)21-34-33(4,5)16-11-12-23(2)3;2-1-3/h8-10,13-14,19-20,22-23,27,30,34,38H,7,11-12,15-18,21H2,1-6H3,(H,35,39);1H,(H,2,3)/t27-,30+;/m0./s1. The lowest BCUT2D eigenvalue weighted by molar-refractivity contribution is -0.122. The maximum absolute atomic E-state index is 13.8. The summed E-state index contributed by atoms with van der Waals surface area (Å²) in [4.78, 5) is 22.2. The molecule has 2 heterocycles. The number of aliphatic hydroxyl groups is 1. The normalized spacial score (nSPS) is 15.6. The molecular weight excluding hydrogens is 592 g/mol. The number of sulfonamides is 1. The van der Waals surface area contributed by atoms with E-state index in [4.69, 9.17) is 9.90 Å². The lowest BCUT2D eigenvalue weighted by atomic mass is 9.93. The summed E-state index contributed by atoms with van der Waals surface area (Å²) in [6.07, 6.45) is 5.31. The average Bonchev–Trinajstić information content (AvgIpc) is 3.32. The number of rotatable bonds is 13. The van der Waals surface area contributed by atoms with Gasteiger partial charge in [-0.1, -0.05) is 57.0 Å². The number of benzene rings is 2. The first-order valence-corrected chi connectivity index (χ1v) is 17.3. The van der Waals surface area contributed by atoms with Crippen LogP contribution < -0.4 is 14.9 Å². The Hall–Kier alpha value is -3.41. The van der Waals surface area contributed by atoms with E-state index in [1.165, 1.54) is 4.31 Å². The van der Waals surface area contributed by atoms with Gasteiger partial charge in [-0.15, -0.1) is 0 Å². The first-order chi connectivity index (χ1) is 21.2. The molecular formula is C34H50N4O6S. The van der Waals surface area contributed by atoms with Gasteiger partial charge in [-0.05, 0) is 69.2 Å². The van der Waals surface area contributed by atoms with E-state index in [0.29, 0.717) is 43.1 Å². The molecule has 0 spiro atoms. The number of aromatic nitrogens is 1. The van der Waals surface area contributed by atoms with Crippen LogP contribution >= 0.6 is 0 Å². The first-order valence-electron chi connectivity index (χ1n) is 15.7. The summed E-state index contributed by atoms with van der Waals surface area (Å²) < 4.78 is 29.3. The van der Waals surface area contributed by atoms with Crippen LogP contribution in [0.25, 0.3) is 10.9 Å². The van der Waals surface area contributed by atoms with Gasteiger partial charge >= 0.3 is 0 Å². The SMILES string of the molecule is CCn1cc2c3c(cc(C(=O)N[C@@H](Cc4ccccc4)[C@H](O)CNC(C)(C)CCCC(C)C)cc31)N(C)S(=O)(=O)CC2.O=CO. The summed E-state index contributed by atoms with van der Waals surface area (Å²) in [5.74, 6) is 0.334. The Kier molecular flexibility index (Phi) is 12.6. The molecule has 1 aliphatic rings. The first kappa shape index (κ1) is 36.1. The fourth-order valence-corrected chi connectivity index (χ4v) is 7.01. The molecule has 0 fully saturated rings. The van der Waals surface area contributed by atoms with E-state index in [1.807, 2.05) is 49.5 Å². The summed E-state index contributed by atoms with van der Waals surface area (Å²) in [6, 6.07) is 12.8. The van der Waals surface area contributed by atoms with Crippen molar-refractivity contribution in [2.45, 2.75) is 91.0 Å². The summed E-state index contributed by atoms with van der Waals surface area (Å²) >= 11 is 0. The van der Waals surface area contributed by atoms with Crippen molar-refractivity contribution in [2.75, 3.05) is 23.7 Å². The fraction of sp³-hybridized carbons (Fsp3) is 0.529. The number of carbonyl (C=O) groups is 2. The molecule has 0 saturated carbocycles. The molecule has 248 valence electrons. The quantitative estimate of drug-likeness (QED) is 0.200. The summed E-state index contributed by atoms with van der Waals surface area (Å²) in [5, 5.41) is 25.8. The number of β-amino-alcohol motifs (C(OH)–C–C–N with tert-alkyl or cyclic N) is 1. The predicted octanol–water partition coefficient (Wildman–Crippen LogP) is 4.58. The zero-order valence-corrected chi connectivity index (χ0v) is 28.2. The maximum atomic E-state index is 13.8. The van der Waals surface area contributed by atoms with Gasteiger partial charge in [0.25, 0.3) is 12.4 Å². The van der Waals surface area contributed by atoms with Crippen LogP contribution in [0.5, 0.6) is 0 Å². The third-order valence-corrected chi connectivity index (χ3v) is 10.2. The fourth-order valence-electron chi connectivity index (χ4n) is 5.81. The molecule has 0 unspecified atom stereocenters. The number of aryl methyl sites for hydroxylation is 2. The number of carboxylic acid groups (broad SMARTS) is 1. The monoisotopic (exact) mass is 642 g/mol. The highest BCUT2D eigenvalue weighted by Gasteiger charge is 2.30. The smallest absolute Gasteiger partial charge is 0.290 e. The van der Waals surface area contributed by atoms with Gasteiger partial charge in [0.15, 0.2) is 0 Å². The second kappa shape index (κ2) is 15.7. The van der Waals surface area contributed by atoms with E-state index in [1.54, 1.807) is 13.1 Å². The lowest BCUT2D eigenvalue weighted by Crippen LogP contribution is -2.52. The summed E-state index contributed by atoms with van der Waals surface area (Å²) in [7, 11) is -1.95. The number of nitrogens with zero attached hydrogens (tertiary/aromatic N) is 2. The molecule has 0 bridgehead atoms. The summed E-state index contributed by atoms with van der Waals surface area (Å²) in [6.45, 7) is 11.6. The van der Waals surface area contributed by atoms with Gasteiger partial charge in [0.05, 0.1) is 29.1 Å². The van der Waals surface area contributed by atoms with Crippen molar-refractivity contribution in [1.82, 2.24) is 15.2 Å². The van der Waals surface area contributed by atoms with Gasteiger partial charge in [0, 0.05) is 42.8 Å². The third kappa shape index (κ3) is 9.54. The van der Waals surface area contributed by atoms with Gasteiger partial charge in [-0.3, -0.25) is 13.9 Å². The molecule has 0 radical (unpaired) electrons. The van der Waals surface area contributed by atoms with E-state index >= 15 is 0 Å². The molecule has 1 aliphatic heterocycles. The molecule has 10 nitrogen and oxygen atoms in total. The number of carbonyl (C=O) groups excluding carboxylic acids is 1. The predicted molar refractivity (Wildman–Crippen MR) is 180 cm³/mol. The molecule has 1 aromatic heterocycles. The average molecular weight is 643 g/mol. The van der Waals surface area contributed by atoms with Gasteiger partial charge in [-0.2, -0.15) is 0 Å². The van der Waals surface area contributed by atoms with Gasteiger partial charge < -0.3 is 25.4 Å². The molecule has 3 aromatic rings. The van der Waals surface area contributed by atoms with Gasteiger partial charge in [-0.25, -0.2) is 8.42 Å². The molecule has 11 heteroatoms. The van der Waals surface area contributed by atoms with Crippen molar-refractivity contribution in [3.8, 4) is 0 Å². The highest BCUT2D eigenvalue weighted by Crippen LogP contribution is 2.37. The second-order valence-corrected chi connectivity index (χ2v) is 15.0. The zero-order valence-electron chi connectivity index (χ0n) is 27.4. The largest absolute Gasteiger partial charge is 0.483 e. The number of anilines is 1. The minimum atomic E-state index is -3.51. The van der Waals surface area contributed by atoms with Crippen LogP contribution in [0.4, 0.5) is 5.69 Å². The molecule has 1 amide bonds. The van der Waals surface area contributed by atoms with Crippen molar-refractivity contribution in [3.63, 3.8) is 0 Å². The Morgan fingerprint density at radius 1 is 1.16 bits per heavy atom. The zero-order chi connectivity index (χ0) is 33.4. The number of aliphatic hydroxyl groups excluding tert-OH is 1. The topological polar surface area (TPSA) is 141 Å². The van der Waals surface area contributed by atoms with E-state index in [-0.39, 0.29) is 23.7 Å². The van der Waals surface area contributed by atoms with Crippen LogP contribution in [0, 0.1) is 5.92 Å². The third-order valence-electron chi connectivity index (χ3n) is 8.48. The molecule has 45 heavy (non-hydrogen) atoms. The Morgan fingerprint density at radius 3 is 2.44 bits per heavy atom. The van der Waals surface area contributed by atoms with Crippen molar-refractivity contribution in [2.24, 2.45) is 5.92 Å². The van der Waals surface area contributed by atoms with Crippen LogP contribution in [0.1, 0.15) is 75.4 Å². The van der Waals surface area contributed by atoms with Crippen molar-refractivity contribution in [1.29, 1.82) is 0 Å². The van der Waals surface area contributed by atoms with E-state index in [2.05, 4.69) is 42.9 Å². The highest BCUT2D eigenvalue weighted by molar-refractivity contribution is 7.92. The highest BCUT2D eigenvalue weighted by atomic mass is 32.2. The van der Waals surface area contributed by atoms with E-state index in [0.717, 1.165) is 41.3 Å². The Labute approximate surface area is 267 Å². The molecule has 2 atom stereocenters. The van der Waals surface area contributed by atoms with Gasteiger partial charge in [0.1, 0.15) is 0 Å². The molecule has 0 saturated heterocycles. The Morgan fingerprint density at radius 2 is 1.82 bits per heavy atom. The molecule has 4 N–H and O–H groups in total. The maximum Gasteiger partial charge on any atom is 0.290 e. The second-order valence-electron chi connectivity index (χ2n) is 12.9. The Bertz CT molecular complexity index is 1540. The minimum Gasteiger partial charge on any atom is -0.483 e. The van der Waals surface area contributed by atoms with Crippen LogP contribution in [-0.2, 0) is 34.2 Å². The Balaban J connectivity index is 0.00000177. The van der Waals surface area contributed by atoms with E-state index in [9.17, 15) is 18.3 Å². The summed E-state index contributed by atoms with van der Waals surface area (Å²) in [5.41, 5.74) is 3.55. The van der Waals surface area contributed by atoms with E-state index < -0.39 is 22.2 Å². The lowest BCUT2D eigenvalue weighted by Gasteiger charge is -2.31. The number of nitrogens with one attached hydrogen (secondary N) is 2. The van der Waals surface area contributed by atoms with Crippen LogP contribution in [0.15, 0.2) is 48.7 Å². The molecule has 4 rings (SSSR count). The number of hydrogen-bond acceptors (Lipinski definition) is 6. The van der Waals surface area contributed by atoms with Crippen molar-refractivity contribution in [3.05, 3.63) is 65.4 Å². The number of hydrogen-bond donors (Lipinski definition) is 4. The van der Waals surface area contributed by atoms with Crippen molar-refractivity contribution < 1.29 is 28.2 Å². The number of amides is 1. The molecule has 2 aromatic carbocycles. The molecule has 0 aliphatic carbocycles. The van der Waals surface area contributed by atoms with Crippen LogP contribution in [0.3, 0.4) is 0 Å². The van der Waals surface area contributed by atoms with Gasteiger partial charge in [0.2, 0.25) is 10.0 Å². The van der Waals surface area contributed by atoms with Crippen LogP contribution in [-0.4, -0.2) is 72.6 Å². The van der Waals surface area contributed by atoms with Crippen molar-refractivity contribution >= 4 is 39.0 Å². The minimum absolute atomic E-state index is 0.0225. The van der Waals surface area contributed by atoms with Crippen LogP contribution in [0.2, 0.25) is 0 Å².